The Bertz CT molecular complexity index is 705. The first-order valence-electron chi connectivity index (χ1n) is 10.9. The van der Waals surface area contributed by atoms with Gasteiger partial charge in [-0.2, -0.15) is 0 Å². The van der Waals surface area contributed by atoms with Gasteiger partial charge in [0.05, 0.1) is 0 Å². The third kappa shape index (κ3) is 14.2. The van der Waals surface area contributed by atoms with Gasteiger partial charge in [-0.15, -0.1) is 0 Å². The molecule has 1 rings (SSSR count). The Labute approximate surface area is 190 Å². The molecule has 0 aromatic heterocycles. The molecule has 3 N–H and O–H groups in total. The van der Waals surface area contributed by atoms with E-state index in [-0.39, 0.29) is 6.04 Å². The second kappa shape index (κ2) is 14.3. The summed E-state index contributed by atoms with van der Waals surface area (Å²) in [6.07, 6.45) is 1.21. The third-order valence-corrected chi connectivity index (χ3v) is 4.39. The molecule has 1 aromatic carbocycles. The van der Waals surface area contributed by atoms with Crippen LogP contribution < -0.4 is 10.6 Å². The number of nitrogens with one attached hydrogen (secondary N) is 2. The Hall–Kier alpha value is -2.81. The van der Waals surface area contributed by atoms with E-state index in [1.807, 2.05) is 45.9 Å². The molecule has 0 heterocycles. The first-order chi connectivity index (χ1) is 15.0. The summed E-state index contributed by atoms with van der Waals surface area (Å²) in [7, 11) is 0. The van der Waals surface area contributed by atoms with E-state index in [2.05, 4.69) is 32.4 Å². The number of unbranched alkanes of at least 4 members (excludes halogenated alkanes) is 1. The molecule has 0 saturated carbocycles. The minimum absolute atomic E-state index is 0.0335. The van der Waals surface area contributed by atoms with Gasteiger partial charge in [-0.3, -0.25) is 4.90 Å². The molecule has 9 heteroatoms. The van der Waals surface area contributed by atoms with Crippen LogP contribution in [0.15, 0.2) is 30.3 Å². The first-order valence-corrected chi connectivity index (χ1v) is 10.9. The number of rotatable bonds is 13. The number of carbonyl (C=O) groups excluding carboxylic acids is 2. The van der Waals surface area contributed by atoms with E-state index < -0.39 is 30.4 Å². The van der Waals surface area contributed by atoms with Crippen molar-refractivity contribution >= 4 is 18.2 Å². The fraction of sp³-hybridized carbons (Fsp3) is 0.609. The van der Waals surface area contributed by atoms with Crippen molar-refractivity contribution in [1.29, 1.82) is 0 Å². The predicted molar refractivity (Wildman–Crippen MR) is 121 cm³/mol. The molecule has 1 aromatic rings. The molecule has 0 aliphatic carbocycles. The number of nitrogens with zero attached hydrogens (tertiary/aromatic N) is 1. The van der Waals surface area contributed by atoms with Crippen LogP contribution in [0.1, 0.15) is 52.5 Å². The van der Waals surface area contributed by atoms with Gasteiger partial charge in [0.1, 0.15) is 5.60 Å². The second-order valence-corrected chi connectivity index (χ2v) is 8.70. The van der Waals surface area contributed by atoms with E-state index in [0.717, 1.165) is 38.9 Å². The molecule has 0 aliphatic rings. The quantitative estimate of drug-likeness (QED) is 0.394. The molecule has 0 unspecified atom stereocenters. The van der Waals surface area contributed by atoms with Gasteiger partial charge >= 0.3 is 18.2 Å². The first kappa shape index (κ1) is 27.2. The smallest absolute Gasteiger partial charge is 0.407 e. The average molecular weight is 452 g/mol. The van der Waals surface area contributed by atoms with Gasteiger partial charge in [-0.05, 0) is 59.1 Å². The number of amides is 2. The Kier molecular flexibility index (Phi) is 12.2. The van der Waals surface area contributed by atoms with Crippen molar-refractivity contribution in [3.05, 3.63) is 35.9 Å². The zero-order chi connectivity index (χ0) is 24.0. The summed E-state index contributed by atoms with van der Waals surface area (Å²) in [5.41, 5.74) is 0.674. The van der Waals surface area contributed by atoms with Crippen LogP contribution in [-0.4, -0.2) is 66.0 Å². The number of carboxylic acids is 1. The highest BCUT2D eigenvalue weighted by molar-refractivity contribution is 5.74. The number of ether oxygens (including phenoxy) is 2. The van der Waals surface area contributed by atoms with Crippen LogP contribution in [0.3, 0.4) is 0 Å². The van der Waals surface area contributed by atoms with E-state index in [0.29, 0.717) is 6.54 Å². The number of carboxylic acid groups (broad SMARTS) is 1. The molecular formula is C23H37N3O6. The summed E-state index contributed by atoms with van der Waals surface area (Å²) < 4.78 is 9.84. The van der Waals surface area contributed by atoms with Crippen molar-refractivity contribution in [3.8, 4) is 0 Å². The summed E-state index contributed by atoms with van der Waals surface area (Å²) in [6.45, 7) is 9.62. The summed E-state index contributed by atoms with van der Waals surface area (Å²) in [6, 6.07) is 10.1. The Morgan fingerprint density at radius 3 is 2.38 bits per heavy atom. The highest BCUT2D eigenvalue weighted by Gasteiger charge is 2.18. The van der Waals surface area contributed by atoms with Crippen molar-refractivity contribution in [3.63, 3.8) is 0 Å². The fourth-order valence-corrected chi connectivity index (χ4v) is 2.90. The van der Waals surface area contributed by atoms with Crippen LogP contribution in [0, 0.1) is 0 Å². The standard InChI is InChI=1S/C23H37N3O6/c1-18(25-22(30)32-23(2,3)4)12-15-26(16-19-10-6-5-7-11-19)14-9-8-13-24-21(29)31-17-20(27)28/h5-7,10-11,18H,8-9,12-17H2,1-4H3,(H,24,29)(H,25,30)(H,27,28)/t18-/m1/s1. The van der Waals surface area contributed by atoms with Crippen molar-refractivity contribution in [2.75, 3.05) is 26.2 Å². The molecule has 0 bridgehead atoms. The van der Waals surface area contributed by atoms with Gasteiger partial charge in [-0.1, -0.05) is 30.3 Å². The summed E-state index contributed by atoms with van der Waals surface area (Å²) in [5.74, 6) is -1.19. The normalized spacial score (nSPS) is 12.2. The van der Waals surface area contributed by atoms with Gasteiger partial charge < -0.3 is 25.2 Å². The fourth-order valence-electron chi connectivity index (χ4n) is 2.90. The molecule has 0 fully saturated rings. The minimum Gasteiger partial charge on any atom is -0.479 e. The predicted octanol–water partition coefficient (Wildman–Crippen LogP) is 3.38. The number of alkyl carbamates (subject to hydrolysis) is 2. The highest BCUT2D eigenvalue weighted by atomic mass is 16.6. The lowest BCUT2D eigenvalue weighted by molar-refractivity contribution is -0.140. The maximum Gasteiger partial charge on any atom is 0.407 e. The molecule has 9 nitrogen and oxygen atoms in total. The number of benzene rings is 1. The average Bonchev–Trinajstić information content (AvgIpc) is 2.69. The number of carbonyl (C=O) groups is 3. The molecule has 1 atom stereocenters. The molecule has 0 saturated heterocycles. The van der Waals surface area contributed by atoms with Gasteiger partial charge in [0.25, 0.3) is 0 Å². The monoisotopic (exact) mass is 451 g/mol. The Morgan fingerprint density at radius 1 is 1.06 bits per heavy atom. The molecular weight excluding hydrogens is 414 g/mol. The molecule has 2 amide bonds. The van der Waals surface area contributed by atoms with Gasteiger partial charge in [0.15, 0.2) is 6.61 Å². The maximum atomic E-state index is 12.0. The number of hydrogen-bond acceptors (Lipinski definition) is 6. The topological polar surface area (TPSA) is 117 Å². The second-order valence-electron chi connectivity index (χ2n) is 8.70. The molecule has 0 aliphatic heterocycles. The minimum atomic E-state index is -1.19. The van der Waals surface area contributed by atoms with Crippen molar-refractivity contribution in [1.82, 2.24) is 15.5 Å². The third-order valence-electron chi connectivity index (χ3n) is 4.39. The highest BCUT2D eigenvalue weighted by Crippen LogP contribution is 2.09. The van der Waals surface area contributed by atoms with Gasteiger partial charge in [-0.25, -0.2) is 14.4 Å². The van der Waals surface area contributed by atoms with Crippen LogP contribution in [0.25, 0.3) is 0 Å². The van der Waals surface area contributed by atoms with E-state index in [1.54, 1.807) is 0 Å². The number of hydrogen-bond donors (Lipinski definition) is 3. The van der Waals surface area contributed by atoms with Crippen LogP contribution >= 0.6 is 0 Å². The Morgan fingerprint density at radius 2 is 1.75 bits per heavy atom. The zero-order valence-electron chi connectivity index (χ0n) is 19.6. The van der Waals surface area contributed by atoms with E-state index in [1.165, 1.54) is 5.56 Å². The largest absolute Gasteiger partial charge is 0.479 e. The van der Waals surface area contributed by atoms with Crippen LogP contribution in [-0.2, 0) is 20.8 Å². The number of aliphatic carboxylic acids is 1. The van der Waals surface area contributed by atoms with Gasteiger partial charge in [0, 0.05) is 25.7 Å². The van der Waals surface area contributed by atoms with Crippen LogP contribution in [0.2, 0.25) is 0 Å². The van der Waals surface area contributed by atoms with E-state index in [4.69, 9.17) is 9.84 Å². The lowest BCUT2D eigenvalue weighted by atomic mass is 10.1. The van der Waals surface area contributed by atoms with Crippen LogP contribution in [0.5, 0.6) is 0 Å². The molecule has 32 heavy (non-hydrogen) atoms. The summed E-state index contributed by atoms with van der Waals surface area (Å²) >= 11 is 0. The maximum absolute atomic E-state index is 12.0. The molecule has 0 radical (unpaired) electrons. The van der Waals surface area contributed by atoms with Crippen molar-refractivity contribution < 1.29 is 29.0 Å². The Balaban J connectivity index is 2.43. The zero-order valence-corrected chi connectivity index (χ0v) is 19.6. The van der Waals surface area contributed by atoms with E-state index >= 15 is 0 Å². The molecule has 0 spiro atoms. The van der Waals surface area contributed by atoms with E-state index in [9.17, 15) is 14.4 Å². The molecule has 180 valence electrons. The lowest BCUT2D eigenvalue weighted by Gasteiger charge is -2.25. The summed E-state index contributed by atoms with van der Waals surface area (Å²) in [4.78, 5) is 36.1. The SMILES string of the molecule is C[C@H](CCN(CCCCNC(=O)OCC(=O)O)Cc1ccccc1)NC(=O)OC(C)(C)C. The summed E-state index contributed by atoms with van der Waals surface area (Å²) in [5, 5.41) is 13.9. The van der Waals surface area contributed by atoms with Crippen LogP contribution in [0.4, 0.5) is 9.59 Å². The van der Waals surface area contributed by atoms with Gasteiger partial charge in [0.2, 0.25) is 0 Å². The van der Waals surface area contributed by atoms with Crippen molar-refractivity contribution in [2.45, 2.75) is 65.1 Å². The lowest BCUT2D eigenvalue weighted by Crippen LogP contribution is -2.39. The van der Waals surface area contributed by atoms with Crippen molar-refractivity contribution in [2.24, 2.45) is 0 Å².